The van der Waals surface area contributed by atoms with Gasteiger partial charge in [0.1, 0.15) is 11.6 Å². The molecule has 6 heteroatoms. The molecule has 2 aliphatic rings. The van der Waals surface area contributed by atoms with E-state index in [1.165, 1.54) is 12.8 Å². The van der Waals surface area contributed by atoms with E-state index in [2.05, 4.69) is 20.3 Å². The lowest BCUT2D eigenvalue weighted by Crippen LogP contribution is -2.08. The minimum atomic E-state index is 0.543. The highest BCUT2D eigenvalue weighted by molar-refractivity contribution is 5.55. The van der Waals surface area contributed by atoms with Gasteiger partial charge in [0, 0.05) is 12.3 Å². The number of H-pyrrole nitrogens is 1. The van der Waals surface area contributed by atoms with Crippen molar-refractivity contribution in [3.63, 3.8) is 0 Å². The first-order chi connectivity index (χ1) is 8.42. The van der Waals surface area contributed by atoms with Crippen LogP contribution in [0.4, 0.5) is 0 Å². The number of nitrogens with one attached hydrogen (secondary N) is 1. The predicted octanol–water partition coefficient (Wildman–Crippen LogP) is 1.41. The van der Waals surface area contributed by atoms with Crippen LogP contribution >= 0.6 is 0 Å². The third-order valence-electron chi connectivity index (χ3n) is 3.27. The molecule has 3 heterocycles. The molecule has 1 saturated carbocycles. The van der Waals surface area contributed by atoms with E-state index >= 15 is 0 Å². The fourth-order valence-corrected chi connectivity index (χ4v) is 2.12. The van der Waals surface area contributed by atoms with Crippen molar-refractivity contribution in [3.05, 3.63) is 17.1 Å². The number of fused-ring (bicyclic) bond motifs is 1. The lowest BCUT2D eigenvalue weighted by Gasteiger charge is -2.09. The minimum absolute atomic E-state index is 0.543. The molecule has 0 aromatic carbocycles. The van der Waals surface area contributed by atoms with Crippen LogP contribution in [0.15, 0.2) is 4.52 Å². The smallest absolute Gasteiger partial charge is 0.203 e. The zero-order chi connectivity index (χ0) is 11.2. The molecule has 1 aliphatic carbocycles. The fraction of sp³-hybridized carbons (Fsp3) is 0.545. The van der Waals surface area contributed by atoms with Gasteiger partial charge in [-0.05, 0) is 12.8 Å². The molecule has 0 unspecified atom stereocenters. The second-order valence-corrected chi connectivity index (χ2v) is 4.55. The maximum atomic E-state index is 5.42. The molecule has 1 aliphatic heterocycles. The van der Waals surface area contributed by atoms with Gasteiger partial charge in [-0.25, -0.2) is 4.98 Å². The Morgan fingerprint density at radius 2 is 2.24 bits per heavy atom. The lowest BCUT2D eigenvalue weighted by atomic mass is 10.1. The molecular formula is C11H12N4O2. The summed E-state index contributed by atoms with van der Waals surface area (Å²) in [6.45, 7) is 1.24. The molecule has 0 radical (unpaired) electrons. The van der Waals surface area contributed by atoms with E-state index in [1.807, 2.05) is 0 Å². The maximum Gasteiger partial charge on any atom is 0.203 e. The van der Waals surface area contributed by atoms with Gasteiger partial charge >= 0.3 is 0 Å². The van der Waals surface area contributed by atoms with Gasteiger partial charge in [-0.1, -0.05) is 5.16 Å². The maximum absolute atomic E-state index is 5.42. The average molecular weight is 232 g/mol. The van der Waals surface area contributed by atoms with E-state index in [9.17, 15) is 0 Å². The number of nitrogens with zero attached hydrogens (tertiary/aromatic N) is 3. The summed E-state index contributed by atoms with van der Waals surface area (Å²) >= 11 is 0. The van der Waals surface area contributed by atoms with Crippen LogP contribution in [0.2, 0.25) is 0 Å². The van der Waals surface area contributed by atoms with Crippen molar-refractivity contribution < 1.29 is 9.26 Å². The Balaban J connectivity index is 1.74. The first-order valence-electron chi connectivity index (χ1n) is 5.89. The standard InChI is InChI=1S/C11H12N4O2/c1-2-6(1)10-12-11(14-13-10)9-7-5-16-4-3-8(7)17-15-9/h6H,1-5H2,(H,12,13,14). The molecule has 0 bridgehead atoms. The van der Waals surface area contributed by atoms with Crippen molar-refractivity contribution in [3.8, 4) is 11.5 Å². The highest BCUT2D eigenvalue weighted by atomic mass is 16.5. The summed E-state index contributed by atoms with van der Waals surface area (Å²) in [4.78, 5) is 4.48. The Hall–Kier alpha value is -1.69. The van der Waals surface area contributed by atoms with E-state index in [0.717, 1.165) is 29.3 Å². The Kier molecular flexibility index (Phi) is 1.87. The Labute approximate surface area is 97.4 Å². The highest BCUT2D eigenvalue weighted by Crippen LogP contribution is 2.38. The van der Waals surface area contributed by atoms with Crippen molar-refractivity contribution in [1.82, 2.24) is 20.3 Å². The molecule has 0 amide bonds. The Morgan fingerprint density at radius 1 is 1.29 bits per heavy atom. The van der Waals surface area contributed by atoms with Gasteiger partial charge in [0.2, 0.25) is 5.82 Å². The van der Waals surface area contributed by atoms with E-state index in [0.29, 0.717) is 25.0 Å². The number of ether oxygens (including phenoxy) is 1. The minimum Gasteiger partial charge on any atom is -0.376 e. The van der Waals surface area contributed by atoms with Gasteiger partial charge in [-0.2, -0.15) is 5.10 Å². The van der Waals surface area contributed by atoms with Gasteiger partial charge in [0.25, 0.3) is 0 Å². The number of rotatable bonds is 2. The second-order valence-electron chi connectivity index (χ2n) is 4.55. The summed E-state index contributed by atoms with van der Waals surface area (Å²) < 4.78 is 10.7. The topological polar surface area (TPSA) is 76.8 Å². The van der Waals surface area contributed by atoms with Crippen molar-refractivity contribution in [2.75, 3.05) is 6.61 Å². The highest BCUT2D eigenvalue weighted by Gasteiger charge is 2.29. The van der Waals surface area contributed by atoms with Gasteiger partial charge in [-0.15, -0.1) is 0 Å². The van der Waals surface area contributed by atoms with Gasteiger partial charge in [0.05, 0.1) is 18.8 Å². The van der Waals surface area contributed by atoms with Crippen LogP contribution < -0.4 is 0 Å². The molecule has 6 nitrogen and oxygen atoms in total. The molecule has 0 spiro atoms. The van der Waals surface area contributed by atoms with Crippen LogP contribution in [-0.2, 0) is 17.8 Å². The Morgan fingerprint density at radius 3 is 3.12 bits per heavy atom. The zero-order valence-corrected chi connectivity index (χ0v) is 9.27. The summed E-state index contributed by atoms with van der Waals surface area (Å²) in [6, 6.07) is 0. The van der Waals surface area contributed by atoms with Crippen molar-refractivity contribution >= 4 is 0 Å². The quantitative estimate of drug-likeness (QED) is 0.847. The summed E-state index contributed by atoms with van der Waals surface area (Å²) in [5, 5.41) is 11.3. The van der Waals surface area contributed by atoms with Gasteiger partial charge < -0.3 is 9.26 Å². The van der Waals surface area contributed by atoms with E-state index < -0.39 is 0 Å². The number of aromatic nitrogens is 4. The van der Waals surface area contributed by atoms with E-state index in [-0.39, 0.29) is 0 Å². The Bertz CT molecular complexity index is 556. The predicted molar refractivity (Wildman–Crippen MR) is 57.2 cm³/mol. The molecule has 88 valence electrons. The van der Waals surface area contributed by atoms with Crippen LogP contribution in [0, 0.1) is 0 Å². The summed E-state index contributed by atoms with van der Waals surface area (Å²) in [5.74, 6) is 3.06. The average Bonchev–Trinajstić information content (AvgIpc) is 2.95. The normalized spacial score (nSPS) is 19.3. The van der Waals surface area contributed by atoms with Crippen LogP contribution in [0.1, 0.15) is 35.9 Å². The van der Waals surface area contributed by atoms with E-state index in [4.69, 9.17) is 9.26 Å². The summed E-state index contributed by atoms with van der Waals surface area (Å²) in [7, 11) is 0. The van der Waals surface area contributed by atoms with Crippen molar-refractivity contribution in [2.45, 2.75) is 31.8 Å². The fourth-order valence-electron chi connectivity index (χ4n) is 2.12. The van der Waals surface area contributed by atoms with Crippen LogP contribution in [0.3, 0.4) is 0 Å². The number of aromatic amines is 1. The number of hydrogen-bond acceptors (Lipinski definition) is 5. The lowest BCUT2D eigenvalue weighted by molar-refractivity contribution is 0.103. The summed E-state index contributed by atoms with van der Waals surface area (Å²) in [5.41, 5.74) is 1.72. The van der Waals surface area contributed by atoms with Crippen LogP contribution in [0.5, 0.6) is 0 Å². The zero-order valence-electron chi connectivity index (χ0n) is 9.27. The molecule has 17 heavy (non-hydrogen) atoms. The van der Waals surface area contributed by atoms with Crippen LogP contribution in [-0.4, -0.2) is 26.9 Å². The molecular weight excluding hydrogens is 220 g/mol. The van der Waals surface area contributed by atoms with Crippen LogP contribution in [0.25, 0.3) is 11.5 Å². The first-order valence-corrected chi connectivity index (χ1v) is 5.89. The monoisotopic (exact) mass is 232 g/mol. The van der Waals surface area contributed by atoms with Crippen molar-refractivity contribution in [2.24, 2.45) is 0 Å². The third-order valence-corrected chi connectivity index (χ3v) is 3.27. The van der Waals surface area contributed by atoms with Gasteiger partial charge in [-0.3, -0.25) is 5.10 Å². The largest absolute Gasteiger partial charge is 0.376 e. The summed E-state index contributed by atoms with van der Waals surface area (Å²) in [6.07, 6.45) is 3.19. The van der Waals surface area contributed by atoms with E-state index in [1.54, 1.807) is 0 Å². The SMILES string of the molecule is C1Cc2onc(-c3n[nH]c(C4CC4)n3)c2CO1. The molecule has 2 aromatic rings. The molecule has 0 atom stereocenters. The first kappa shape index (κ1) is 9.35. The molecule has 1 N–H and O–H groups in total. The second kappa shape index (κ2) is 3.40. The molecule has 0 saturated heterocycles. The molecule has 1 fully saturated rings. The van der Waals surface area contributed by atoms with Crippen molar-refractivity contribution in [1.29, 1.82) is 0 Å². The number of hydrogen-bond donors (Lipinski definition) is 1. The van der Waals surface area contributed by atoms with Gasteiger partial charge in [0.15, 0.2) is 5.69 Å². The molecule has 2 aromatic heterocycles. The molecule has 4 rings (SSSR count). The third kappa shape index (κ3) is 1.48.